The largest absolute Gasteiger partial charge is 0.455 e. The Bertz CT molecular complexity index is 1730. The molecule has 9 atom stereocenters. The molecule has 0 unspecified atom stereocenters. The molecule has 4 aliphatic rings. The Morgan fingerprint density at radius 1 is 0.981 bits per heavy atom. The van der Waals surface area contributed by atoms with E-state index in [1.54, 1.807) is 17.9 Å². The third kappa shape index (κ3) is 7.05. The Morgan fingerprint density at radius 3 is 2.32 bits per heavy atom. The summed E-state index contributed by atoms with van der Waals surface area (Å²) in [7, 11) is 0. The molecule has 5 bridgehead atoms. The summed E-state index contributed by atoms with van der Waals surface area (Å²) in [6, 6.07) is 14.4. The molecule has 11 nitrogen and oxygen atoms in total. The minimum absolute atomic E-state index is 0.156. The van der Waals surface area contributed by atoms with E-state index in [1.807, 2.05) is 80.6 Å². The van der Waals surface area contributed by atoms with E-state index in [0.29, 0.717) is 28.6 Å². The summed E-state index contributed by atoms with van der Waals surface area (Å²) in [6.07, 6.45) is 5.04. The van der Waals surface area contributed by atoms with Gasteiger partial charge in [-0.2, -0.15) is 0 Å². The van der Waals surface area contributed by atoms with Crippen molar-refractivity contribution >= 4 is 51.0 Å². The number of nitrogens with zero attached hydrogens (tertiary/aromatic N) is 3. The van der Waals surface area contributed by atoms with E-state index in [0.717, 1.165) is 18.8 Å². The number of anilines is 2. The number of aliphatic hydroxyl groups is 1. The first-order valence-electron chi connectivity index (χ1n) is 18.9. The van der Waals surface area contributed by atoms with Crippen LogP contribution < -0.4 is 15.1 Å². The van der Waals surface area contributed by atoms with Crippen molar-refractivity contribution in [3.63, 3.8) is 0 Å². The smallest absolute Gasteiger partial charge is 0.313 e. The van der Waals surface area contributed by atoms with E-state index < -0.39 is 65.6 Å². The summed E-state index contributed by atoms with van der Waals surface area (Å²) in [5.74, 6) is -4.06. The van der Waals surface area contributed by atoms with Gasteiger partial charge in [0.15, 0.2) is 0 Å². The van der Waals surface area contributed by atoms with Gasteiger partial charge in [-0.15, -0.1) is 0 Å². The number of esters is 1. The lowest BCUT2D eigenvalue weighted by atomic mass is 9.74. The minimum atomic E-state index is -1.51. The molecule has 0 radical (unpaired) electrons. The molecule has 4 aliphatic heterocycles. The van der Waals surface area contributed by atoms with Crippen molar-refractivity contribution in [2.45, 2.75) is 89.8 Å². The van der Waals surface area contributed by atoms with Crippen molar-refractivity contribution in [2.24, 2.45) is 17.8 Å². The Balaban J connectivity index is 1.49. The fraction of sp³-hybridized carbons (Fsp3) is 0.512. The number of fused-ring (bicyclic) bond motifs is 2. The highest BCUT2D eigenvalue weighted by atomic mass is 79.9. The number of rotatable bonds is 9. The number of benzene rings is 2. The van der Waals surface area contributed by atoms with Gasteiger partial charge in [-0.05, 0) is 69.0 Å². The van der Waals surface area contributed by atoms with Gasteiger partial charge in [0.05, 0.1) is 24.6 Å². The third-order valence-electron chi connectivity index (χ3n) is 11.5. The van der Waals surface area contributed by atoms with Crippen LogP contribution in [0.4, 0.5) is 11.4 Å². The van der Waals surface area contributed by atoms with Crippen molar-refractivity contribution in [3.8, 4) is 0 Å². The van der Waals surface area contributed by atoms with E-state index in [9.17, 15) is 19.5 Å². The molecule has 3 amide bonds. The van der Waals surface area contributed by atoms with Crippen molar-refractivity contribution in [1.29, 1.82) is 0 Å². The topological polar surface area (TPSA) is 129 Å². The average Bonchev–Trinajstić information content (AvgIpc) is 3.76. The summed E-state index contributed by atoms with van der Waals surface area (Å²) < 4.78 is 13.6. The Morgan fingerprint density at radius 2 is 1.68 bits per heavy atom. The molecule has 2 N–H and O–H groups in total. The van der Waals surface area contributed by atoms with E-state index in [1.165, 1.54) is 4.90 Å². The van der Waals surface area contributed by atoms with Gasteiger partial charge in [-0.3, -0.25) is 19.2 Å². The number of likely N-dealkylation sites (tertiary alicyclic amines) is 1. The molecule has 2 fully saturated rings. The van der Waals surface area contributed by atoms with Crippen LogP contribution in [0.15, 0.2) is 77.3 Å². The standard InChI is InChI=1S/C41H51BrN4O7/c1-6-25(4)31(24-47)46-37-39(50)45(29-20-18-28(19-21-29)44(7-2)8-3)22-14-10-13-17-32(48)43-26(5)35(27-15-11-9-12-16-27)52-40(51)33-34(38(46)49)41(37)23-30(42)36(33)53-41/h9-12,14-16,18-21,23,25-26,31,33-37,47H,6-8,13,17,22,24H2,1-5H3,(H,43,48)/b14-10-/t25-,26-,31-,33+,34-,35+,36+,37+,41-/m0/s1. The summed E-state index contributed by atoms with van der Waals surface area (Å²) in [5, 5.41) is 13.9. The van der Waals surface area contributed by atoms with Gasteiger partial charge in [-0.1, -0.05) is 78.7 Å². The molecular weight excluding hydrogens is 740 g/mol. The van der Waals surface area contributed by atoms with Gasteiger partial charge in [0.2, 0.25) is 11.8 Å². The number of hydrogen-bond donors (Lipinski definition) is 2. The zero-order valence-electron chi connectivity index (χ0n) is 31.1. The van der Waals surface area contributed by atoms with E-state index >= 15 is 4.79 Å². The van der Waals surface area contributed by atoms with Gasteiger partial charge >= 0.3 is 5.97 Å². The maximum atomic E-state index is 15.4. The fourth-order valence-electron chi connectivity index (χ4n) is 8.50. The molecule has 12 heteroatoms. The van der Waals surface area contributed by atoms with Crippen molar-refractivity contribution in [2.75, 3.05) is 36.0 Å². The summed E-state index contributed by atoms with van der Waals surface area (Å²) in [5.41, 5.74) is 0.808. The monoisotopic (exact) mass is 790 g/mol. The number of halogens is 1. The summed E-state index contributed by atoms with van der Waals surface area (Å²) >= 11 is 3.64. The third-order valence-corrected chi connectivity index (χ3v) is 12.2. The molecular formula is C41H51BrN4O7. The normalized spacial score (nSPS) is 30.7. The molecule has 0 saturated carbocycles. The van der Waals surface area contributed by atoms with E-state index in [-0.39, 0.29) is 31.4 Å². The fourth-order valence-corrected chi connectivity index (χ4v) is 9.23. The van der Waals surface area contributed by atoms with Gasteiger partial charge in [0.1, 0.15) is 29.8 Å². The molecule has 284 valence electrons. The number of ether oxygens (including phenoxy) is 2. The molecule has 4 heterocycles. The van der Waals surface area contributed by atoms with Crippen LogP contribution >= 0.6 is 15.9 Å². The summed E-state index contributed by atoms with van der Waals surface area (Å²) in [4.78, 5) is 63.4. The first kappa shape index (κ1) is 38.7. The highest BCUT2D eigenvalue weighted by Gasteiger charge is 2.75. The van der Waals surface area contributed by atoms with Crippen LogP contribution in [0.5, 0.6) is 0 Å². The van der Waals surface area contributed by atoms with Crippen molar-refractivity contribution < 1.29 is 33.8 Å². The second kappa shape index (κ2) is 16.2. The molecule has 2 saturated heterocycles. The maximum absolute atomic E-state index is 15.4. The zero-order chi connectivity index (χ0) is 38.0. The Hall–Kier alpha value is -4.00. The van der Waals surface area contributed by atoms with Gasteiger partial charge in [-0.25, -0.2) is 0 Å². The number of nitrogens with one attached hydrogen (secondary N) is 1. The van der Waals surface area contributed by atoms with Gasteiger partial charge in [0, 0.05) is 41.9 Å². The van der Waals surface area contributed by atoms with Gasteiger partial charge in [0.25, 0.3) is 5.91 Å². The molecule has 2 aromatic rings. The van der Waals surface area contributed by atoms with Crippen molar-refractivity contribution in [1.82, 2.24) is 10.2 Å². The number of carbonyl (C=O) groups is 4. The SMILES string of the molecule is CC[C@H](C)[C@H](CO)N1C(=O)[C@@H]2[C@H]3C(=O)O[C@@H](c4ccccc4)[C@H](C)NC(=O)CC/C=C\CN(c4ccc(N(CC)CC)cc4)C(=O)[C@@H]1[C@]21C=C(Br)[C@H]3O1. The van der Waals surface area contributed by atoms with E-state index in [2.05, 4.69) is 40.0 Å². The molecule has 6 rings (SSSR count). The molecule has 0 aliphatic carbocycles. The number of cyclic esters (lactones) is 1. The maximum Gasteiger partial charge on any atom is 0.313 e. The number of allylic oxidation sites excluding steroid dienone is 1. The zero-order valence-corrected chi connectivity index (χ0v) is 32.7. The average molecular weight is 792 g/mol. The van der Waals surface area contributed by atoms with Crippen LogP contribution in [0.2, 0.25) is 0 Å². The predicted octanol–water partition coefficient (Wildman–Crippen LogP) is 5.29. The number of aliphatic hydroxyl groups excluding tert-OH is 1. The molecule has 1 spiro atoms. The number of carbonyl (C=O) groups excluding carboxylic acids is 4. The first-order chi connectivity index (χ1) is 25.5. The van der Waals surface area contributed by atoms with Crippen molar-refractivity contribution in [3.05, 3.63) is 82.9 Å². The van der Waals surface area contributed by atoms with Crippen LogP contribution in [-0.4, -0.2) is 89.8 Å². The van der Waals surface area contributed by atoms with Crippen LogP contribution in [0.3, 0.4) is 0 Å². The van der Waals surface area contributed by atoms with Gasteiger partial charge < -0.3 is 34.6 Å². The Kier molecular flexibility index (Phi) is 11.8. The second-order valence-electron chi connectivity index (χ2n) is 14.5. The lowest BCUT2D eigenvalue weighted by molar-refractivity contribution is -0.162. The van der Waals surface area contributed by atoms with Crippen LogP contribution in [0.25, 0.3) is 0 Å². The second-order valence-corrected chi connectivity index (χ2v) is 15.4. The quantitative estimate of drug-likeness (QED) is 0.260. The Labute approximate surface area is 320 Å². The van der Waals surface area contributed by atoms with Crippen LogP contribution in [-0.2, 0) is 28.7 Å². The van der Waals surface area contributed by atoms with Crippen LogP contribution in [0.1, 0.15) is 65.5 Å². The molecule has 53 heavy (non-hydrogen) atoms. The highest BCUT2D eigenvalue weighted by molar-refractivity contribution is 9.11. The first-order valence-corrected chi connectivity index (χ1v) is 19.7. The number of hydrogen-bond acceptors (Lipinski definition) is 8. The lowest BCUT2D eigenvalue weighted by Gasteiger charge is -2.40. The minimum Gasteiger partial charge on any atom is -0.455 e. The predicted molar refractivity (Wildman–Crippen MR) is 206 cm³/mol. The molecule has 2 aromatic carbocycles. The van der Waals surface area contributed by atoms with Crippen LogP contribution in [0, 0.1) is 17.8 Å². The van der Waals surface area contributed by atoms with E-state index in [4.69, 9.17) is 9.47 Å². The lowest BCUT2D eigenvalue weighted by Crippen LogP contribution is -2.59. The summed E-state index contributed by atoms with van der Waals surface area (Å²) in [6.45, 7) is 11.3. The molecule has 0 aromatic heterocycles. The highest BCUT2D eigenvalue weighted by Crippen LogP contribution is 2.59. The number of amides is 3.